The van der Waals surface area contributed by atoms with Crippen molar-refractivity contribution >= 4 is 12.3 Å². The summed E-state index contributed by atoms with van der Waals surface area (Å²) >= 11 is 0. The molecule has 0 fully saturated rings. The third kappa shape index (κ3) is 4.60. The Morgan fingerprint density at radius 2 is 2.11 bits per heavy atom. The molecule has 0 aromatic heterocycles. The maximum Gasteiger partial charge on any atom is 0.311 e. The van der Waals surface area contributed by atoms with Crippen LogP contribution in [0.3, 0.4) is 0 Å². The van der Waals surface area contributed by atoms with Crippen LogP contribution in [0.25, 0.3) is 0 Å². The van der Waals surface area contributed by atoms with Crippen LogP contribution >= 0.6 is 0 Å². The third-order valence-corrected chi connectivity index (χ3v) is 1.99. The van der Waals surface area contributed by atoms with Gasteiger partial charge in [0.1, 0.15) is 5.75 Å². The third-order valence-electron chi connectivity index (χ3n) is 1.99. The number of para-hydroxylation sites is 1. The molecular formula is C11H11NO6. The van der Waals surface area contributed by atoms with E-state index >= 15 is 0 Å². The van der Waals surface area contributed by atoms with Gasteiger partial charge < -0.3 is 9.57 Å². The van der Waals surface area contributed by atoms with Crippen LogP contribution in [-0.2, 0) is 9.63 Å². The maximum atomic E-state index is 11.4. The second-order valence-electron chi connectivity index (χ2n) is 3.29. The molecule has 0 aliphatic rings. The number of nitrogens with zero attached hydrogens (tertiary/aromatic N) is 1. The topological polar surface area (TPSA) is 95.7 Å². The number of benzene rings is 1. The van der Waals surface area contributed by atoms with Crippen LogP contribution in [0.4, 0.5) is 0 Å². The average Bonchev–Trinajstić information content (AvgIpc) is 2.35. The van der Waals surface area contributed by atoms with Crippen molar-refractivity contribution in [3.63, 3.8) is 0 Å². The van der Waals surface area contributed by atoms with Gasteiger partial charge in [-0.15, -0.1) is 10.1 Å². The van der Waals surface area contributed by atoms with Gasteiger partial charge in [-0.1, -0.05) is 12.1 Å². The van der Waals surface area contributed by atoms with Crippen molar-refractivity contribution in [1.82, 2.24) is 0 Å². The lowest BCUT2D eigenvalue weighted by molar-refractivity contribution is -0.757. The van der Waals surface area contributed by atoms with E-state index in [0.717, 1.165) is 0 Å². The van der Waals surface area contributed by atoms with E-state index < -0.39 is 11.1 Å². The first-order valence-corrected chi connectivity index (χ1v) is 5.15. The second-order valence-corrected chi connectivity index (χ2v) is 3.29. The van der Waals surface area contributed by atoms with Crippen LogP contribution < -0.4 is 4.74 Å². The van der Waals surface area contributed by atoms with Gasteiger partial charge in [0.15, 0.2) is 6.29 Å². The Labute approximate surface area is 102 Å². The van der Waals surface area contributed by atoms with Crippen molar-refractivity contribution in [3.05, 3.63) is 39.9 Å². The standard InChI is InChI=1S/C11H11NO6/c13-8-9-4-1-2-5-10(9)18-11(14)6-3-7-17-12(15)16/h1-2,4-5,8H,3,6-7H2. The minimum atomic E-state index is -0.924. The first kappa shape index (κ1) is 13.6. The Bertz CT molecular complexity index is 445. The van der Waals surface area contributed by atoms with E-state index in [1.165, 1.54) is 12.1 Å². The molecule has 0 aliphatic carbocycles. The van der Waals surface area contributed by atoms with Crippen LogP contribution in [-0.4, -0.2) is 23.9 Å². The molecule has 7 heteroatoms. The molecule has 0 atom stereocenters. The zero-order valence-corrected chi connectivity index (χ0v) is 9.40. The SMILES string of the molecule is O=Cc1ccccc1OC(=O)CCCO[N+](=O)[O-]. The van der Waals surface area contributed by atoms with E-state index in [9.17, 15) is 19.7 Å². The minimum Gasteiger partial charge on any atom is -0.426 e. The number of ether oxygens (including phenoxy) is 1. The highest BCUT2D eigenvalue weighted by Crippen LogP contribution is 2.16. The number of esters is 1. The average molecular weight is 253 g/mol. The number of hydrogen-bond acceptors (Lipinski definition) is 6. The van der Waals surface area contributed by atoms with Crippen molar-refractivity contribution in [2.75, 3.05) is 6.61 Å². The summed E-state index contributed by atoms with van der Waals surface area (Å²) in [6.45, 7) is -0.169. The van der Waals surface area contributed by atoms with Crippen LogP contribution in [0.2, 0.25) is 0 Å². The summed E-state index contributed by atoms with van der Waals surface area (Å²) in [6, 6.07) is 6.29. The number of rotatable bonds is 7. The molecule has 7 nitrogen and oxygen atoms in total. The van der Waals surface area contributed by atoms with E-state index in [2.05, 4.69) is 4.84 Å². The summed E-state index contributed by atoms with van der Waals surface area (Å²) < 4.78 is 4.95. The summed E-state index contributed by atoms with van der Waals surface area (Å²) in [5.74, 6) is -0.399. The quantitative estimate of drug-likeness (QED) is 0.182. The molecule has 96 valence electrons. The number of carbonyl (C=O) groups excluding carboxylic acids is 2. The van der Waals surface area contributed by atoms with Crippen LogP contribution in [0.15, 0.2) is 24.3 Å². The predicted molar refractivity (Wildman–Crippen MR) is 59.6 cm³/mol. The summed E-state index contributed by atoms with van der Waals surface area (Å²) in [6.07, 6.45) is 0.725. The first-order chi connectivity index (χ1) is 8.63. The van der Waals surface area contributed by atoms with Gasteiger partial charge in [-0.05, 0) is 18.6 Å². The molecule has 1 rings (SSSR count). The highest BCUT2D eigenvalue weighted by Gasteiger charge is 2.08. The Morgan fingerprint density at radius 3 is 2.78 bits per heavy atom. The molecule has 0 radical (unpaired) electrons. The molecule has 18 heavy (non-hydrogen) atoms. The Morgan fingerprint density at radius 1 is 1.39 bits per heavy atom. The van der Waals surface area contributed by atoms with Crippen LogP contribution in [0, 0.1) is 10.1 Å². The second kappa shape index (κ2) is 7.00. The van der Waals surface area contributed by atoms with Gasteiger partial charge in [0.05, 0.1) is 12.2 Å². The van der Waals surface area contributed by atoms with Crippen molar-refractivity contribution < 1.29 is 24.3 Å². The van der Waals surface area contributed by atoms with E-state index in [4.69, 9.17) is 4.74 Å². The maximum absolute atomic E-state index is 11.4. The van der Waals surface area contributed by atoms with Gasteiger partial charge in [0.25, 0.3) is 5.09 Å². The molecule has 1 aromatic rings. The molecule has 0 heterocycles. The predicted octanol–water partition coefficient (Wildman–Crippen LogP) is 1.39. The summed E-state index contributed by atoms with van der Waals surface area (Å²) in [7, 11) is 0. The molecule has 0 saturated heterocycles. The first-order valence-electron chi connectivity index (χ1n) is 5.15. The highest BCUT2D eigenvalue weighted by molar-refractivity contribution is 5.82. The highest BCUT2D eigenvalue weighted by atomic mass is 16.9. The molecule has 0 amide bonds. The lowest BCUT2D eigenvalue weighted by Gasteiger charge is -2.05. The van der Waals surface area contributed by atoms with Crippen molar-refractivity contribution in [3.8, 4) is 5.75 Å². The van der Waals surface area contributed by atoms with Gasteiger partial charge >= 0.3 is 5.97 Å². The van der Waals surface area contributed by atoms with Crippen molar-refractivity contribution in [1.29, 1.82) is 0 Å². The lowest BCUT2D eigenvalue weighted by Crippen LogP contribution is -2.11. The van der Waals surface area contributed by atoms with Crippen molar-refractivity contribution in [2.45, 2.75) is 12.8 Å². The number of carbonyl (C=O) groups is 2. The molecule has 1 aromatic carbocycles. The van der Waals surface area contributed by atoms with Gasteiger partial charge in [0.2, 0.25) is 0 Å². The molecule has 0 unspecified atom stereocenters. The molecule has 0 spiro atoms. The lowest BCUT2D eigenvalue weighted by atomic mass is 10.2. The van der Waals surface area contributed by atoms with E-state index in [1.54, 1.807) is 12.1 Å². The van der Waals surface area contributed by atoms with Crippen LogP contribution in [0.1, 0.15) is 23.2 Å². The monoisotopic (exact) mass is 253 g/mol. The fraction of sp³-hybridized carbons (Fsp3) is 0.273. The molecule has 0 bridgehead atoms. The normalized spacial score (nSPS) is 9.56. The van der Waals surface area contributed by atoms with Gasteiger partial charge in [-0.3, -0.25) is 9.59 Å². The van der Waals surface area contributed by atoms with E-state index in [-0.39, 0.29) is 30.8 Å². The molecular weight excluding hydrogens is 242 g/mol. The van der Waals surface area contributed by atoms with Crippen molar-refractivity contribution in [2.24, 2.45) is 0 Å². The minimum absolute atomic E-state index is 0.0268. The van der Waals surface area contributed by atoms with Gasteiger partial charge in [0, 0.05) is 6.42 Å². The molecule has 0 N–H and O–H groups in total. The van der Waals surface area contributed by atoms with E-state index in [0.29, 0.717) is 6.29 Å². The largest absolute Gasteiger partial charge is 0.426 e. The fourth-order valence-corrected chi connectivity index (χ4v) is 1.20. The smallest absolute Gasteiger partial charge is 0.311 e. The Kier molecular flexibility index (Phi) is 5.30. The number of hydrogen-bond donors (Lipinski definition) is 0. The Balaban J connectivity index is 2.40. The number of aldehydes is 1. The van der Waals surface area contributed by atoms with Crippen LogP contribution in [0.5, 0.6) is 5.75 Å². The van der Waals surface area contributed by atoms with Gasteiger partial charge in [-0.2, -0.15) is 0 Å². The fourth-order valence-electron chi connectivity index (χ4n) is 1.20. The summed E-state index contributed by atoms with van der Waals surface area (Å²) in [4.78, 5) is 35.9. The zero-order chi connectivity index (χ0) is 13.4. The van der Waals surface area contributed by atoms with Gasteiger partial charge in [-0.25, -0.2) is 0 Å². The molecule has 0 aliphatic heterocycles. The zero-order valence-electron chi connectivity index (χ0n) is 9.40. The summed E-state index contributed by atoms with van der Waals surface area (Å²) in [5, 5.41) is 8.92. The van der Waals surface area contributed by atoms with E-state index in [1.807, 2.05) is 0 Å². The molecule has 0 saturated carbocycles. The Hall–Kier alpha value is -2.44. The summed E-state index contributed by atoms with van der Waals surface area (Å²) in [5.41, 5.74) is 0.271.